The van der Waals surface area contributed by atoms with Crippen molar-refractivity contribution in [2.24, 2.45) is 0 Å². The zero-order valence-electron chi connectivity index (χ0n) is 14.5. The lowest BCUT2D eigenvalue weighted by atomic mass is 10.1. The van der Waals surface area contributed by atoms with E-state index < -0.39 is 0 Å². The largest absolute Gasteiger partial charge is 0.489 e. The number of aromatic amines is 1. The smallest absolute Gasteiger partial charge is 0.254 e. The molecule has 1 unspecified atom stereocenters. The van der Waals surface area contributed by atoms with Crippen LogP contribution in [0.5, 0.6) is 5.75 Å². The van der Waals surface area contributed by atoms with E-state index in [1.165, 1.54) is 0 Å². The van der Waals surface area contributed by atoms with E-state index in [4.69, 9.17) is 16.3 Å². The van der Waals surface area contributed by atoms with Crippen molar-refractivity contribution in [2.45, 2.75) is 25.5 Å². The molecule has 1 aliphatic rings. The number of likely N-dealkylation sites (tertiary alicyclic amines) is 1. The maximum absolute atomic E-state index is 13.0. The Morgan fingerprint density at radius 2 is 2.15 bits per heavy atom. The molecule has 27 heavy (non-hydrogen) atoms. The molecule has 8 heteroatoms. The van der Waals surface area contributed by atoms with Gasteiger partial charge >= 0.3 is 0 Å². The van der Waals surface area contributed by atoms with Gasteiger partial charge in [-0.3, -0.25) is 4.79 Å². The van der Waals surface area contributed by atoms with Crippen molar-refractivity contribution < 1.29 is 9.53 Å². The molecule has 1 saturated heterocycles. The third-order valence-corrected chi connectivity index (χ3v) is 4.78. The Balaban J connectivity index is 1.47. The first-order valence-electron chi connectivity index (χ1n) is 8.72. The number of hydrogen-bond donors (Lipinski definition) is 1. The molecule has 0 aliphatic carbocycles. The Hall–Kier alpha value is -2.93. The van der Waals surface area contributed by atoms with Crippen molar-refractivity contribution in [1.82, 2.24) is 25.5 Å². The number of tetrazole rings is 1. The second-order valence-corrected chi connectivity index (χ2v) is 6.81. The first-order chi connectivity index (χ1) is 13.2. The predicted molar refractivity (Wildman–Crippen MR) is 99.4 cm³/mol. The highest BCUT2D eigenvalue weighted by Crippen LogP contribution is 2.31. The highest BCUT2D eigenvalue weighted by Gasteiger charge is 2.33. The third kappa shape index (κ3) is 3.93. The predicted octanol–water partition coefficient (Wildman–Crippen LogP) is 3.41. The van der Waals surface area contributed by atoms with Gasteiger partial charge in [-0.05, 0) is 48.7 Å². The zero-order valence-corrected chi connectivity index (χ0v) is 15.3. The molecule has 2 aromatic carbocycles. The summed E-state index contributed by atoms with van der Waals surface area (Å²) in [6, 6.07) is 14.6. The lowest BCUT2D eigenvalue weighted by Gasteiger charge is -2.22. The van der Waals surface area contributed by atoms with Crippen molar-refractivity contribution in [3.8, 4) is 5.75 Å². The van der Waals surface area contributed by atoms with Crippen LogP contribution in [0.3, 0.4) is 0 Å². The number of halogens is 1. The first kappa shape index (κ1) is 17.5. The molecule has 2 heterocycles. The zero-order chi connectivity index (χ0) is 18.6. The van der Waals surface area contributed by atoms with Gasteiger partial charge in [0, 0.05) is 17.1 Å². The Morgan fingerprint density at radius 3 is 2.96 bits per heavy atom. The number of nitrogens with zero attached hydrogens (tertiary/aromatic N) is 4. The van der Waals surface area contributed by atoms with Crippen LogP contribution in [0.15, 0.2) is 48.5 Å². The Bertz CT molecular complexity index is 931. The van der Waals surface area contributed by atoms with Gasteiger partial charge in [0.1, 0.15) is 12.4 Å². The van der Waals surface area contributed by atoms with E-state index in [1.807, 2.05) is 36.4 Å². The van der Waals surface area contributed by atoms with Gasteiger partial charge in [0.2, 0.25) is 0 Å². The Labute approximate surface area is 161 Å². The molecular formula is C19H18ClN5O2. The molecule has 0 saturated carbocycles. The van der Waals surface area contributed by atoms with Gasteiger partial charge in [0.15, 0.2) is 5.82 Å². The molecule has 138 valence electrons. The fourth-order valence-electron chi connectivity index (χ4n) is 3.27. The van der Waals surface area contributed by atoms with Crippen LogP contribution in [0.1, 0.15) is 40.6 Å². The van der Waals surface area contributed by atoms with Crippen molar-refractivity contribution in [1.29, 1.82) is 0 Å². The minimum Gasteiger partial charge on any atom is -0.489 e. The van der Waals surface area contributed by atoms with Gasteiger partial charge < -0.3 is 9.64 Å². The number of rotatable bonds is 5. The second-order valence-electron chi connectivity index (χ2n) is 6.37. The summed E-state index contributed by atoms with van der Waals surface area (Å²) in [5, 5.41) is 14.8. The SMILES string of the molecule is O=C(c1cccc(OCc2cccc(Cl)c2)c1)N1CCCC1c1nn[nH]n1. The van der Waals surface area contributed by atoms with Crippen LogP contribution in [0.2, 0.25) is 5.02 Å². The third-order valence-electron chi connectivity index (χ3n) is 4.55. The molecule has 1 aromatic heterocycles. The van der Waals surface area contributed by atoms with E-state index in [2.05, 4.69) is 20.6 Å². The summed E-state index contributed by atoms with van der Waals surface area (Å²) in [4.78, 5) is 14.8. The van der Waals surface area contributed by atoms with E-state index in [9.17, 15) is 4.79 Å². The summed E-state index contributed by atoms with van der Waals surface area (Å²) in [6.07, 6.45) is 1.74. The average Bonchev–Trinajstić information content (AvgIpc) is 3.37. The second kappa shape index (κ2) is 7.75. The molecule has 1 fully saturated rings. The van der Waals surface area contributed by atoms with E-state index in [1.54, 1.807) is 17.0 Å². The van der Waals surface area contributed by atoms with Crippen LogP contribution in [-0.2, 0) is 6.61 Å². The van der Waals surface area contributed by atoms with Gasteiger partial charge in [-0.25, -0.2) is 0 Å². The van der Waals surface area contributed by atoms with Crippen LogP contribution in [-0.4, -0.2) is 38.0 Å². The maximum atomic E-state index is 13.0. The summed E-state index contributed by atoms with van der Waals surface area (Å²) in [7, 11) is 0. The summed E-state index contributed by atoms with van der Waals surface area (Å²) < 4.78 is 5.83. The lowest BCUT2D eigenvalue weighted by molar-refractivity contribution is 0.0729. The minimum absolute atomic E-state index is 0.0597. The number of hydrogen-bond acceptors (Lipinski definition) is 5. The highest BCUT2D eigenvalue weighted by atomic mass is 35.5. The number of aromatic nitrogens is 4. The standard InChI is InChI=1S/C19H18ClN5O2/c20-15-6-1-4-13(10-15)12-27-16-7-2-5-14(11-16)19(26)25-9-3-8-17(25)18-21-23-24-22-18/h1-2,4-7,10-11,17H,3,8-9,12H2,(H,21,22,23,24). The summed E-state index contributed by atoms with van der Waals surface area (Å²) in [5.41, 5.74) is 1.55. The number of nitrogens with one attached hydrogen (secondary N) is 1. The van der Waals surface area contributed by atoms with Crippen molar-refractivity contribution in [3.63, 3.8) is 0 Å². The molecule has 1 N–H and O–H groups in total. The molecular weight excluding hydrogens is 366 g/mol. The van der Waals surface area contributed by atoms with Crippen molar-refractivity contribution in [3.05, 3.63) is 70.5 Å². The first-order valence-corrected chi connectivity index (χ1v) is 9.10. The van der Waals surface area contributed by atoms with E-state index >= 15 is 0 Å². The number of carbonyl (C=O) groups is 1. The Kier molecular flexibility index (Phi) is 5.02. The fourth-order valence-corrected chi connectivity index (χ4v) is 3.48. The number of ether oxygens (including phenoxy) is 1. The van der Waals surface area contributed by atoms with Crippen molar-refractivity contribution in [2.75, 3.05) is 6.54 Å². The quantitative estimate of drug-likeness (QED) is 0.729. The molecule has 1 aliphatic heterocycles. The topological polar surface area (TPSA) is 84.0 Å². The highest BCUT2D eigenvalue weighted by molar-refractivity contribution is 6.30. The molecule has 0 radical (unpaired) electrons. The number of carbonyl (C=O) groups excluding carboxylic acids is 1. The van der Waals surface area contributed by atoms with Gasteiger partial charge in [0.05, 0.1) is 6.04 Å². The van der Waals surface area contributed by atoms with Crippen LogP contribution in [0.4, 0.5) is 0 Å². The molecule has 0 bridgehead atoms. The average molecular weight is 384 g/mol. The molecule has 1 atom stereocenters. The van der Waals surface area contributed by atoms with E-state index in [0.29, 0.717) is 35.3 Å². The van der Waals surface area contributed by atoms with Gasteiger partial charge in [-0.15, -0.1) is 10.2 Å². The summed E-state index contributed by atoms with van der Waals surface area (Å²) in [5.74, 6) is 1.13. The van der Waals surface area contributed by atoms with Crippen LogP contribution in [0.25, 0.3) is 0 Å². The van der Waals surface area contributed by atoms with Gasteiger partial charge in [-0.2, -0.15) is 5.21 Å². The van der Waals surface area contributed by atoms with Gasteiger partial charge in [0.25, 0.3) is 5.91 Å². The summed E-state index contributed by atoms with van der Waals surface area (Å²) >= 11 is 6.00. The molecule has 0 spiro atoms. The number of H-pyrrole nitrogens is 1. The van der Waals surface area contributed by atoms with Crippen LogP contribution < -0.4 is 4.74 Å². The van der Waals surface area contributed by atoms with Crippen molar-refractivity contribution >= 4 is 17.5 Å². The van der Waals surface area contributed by atoms with E-state index in [-0.39, 0.29) is 11.9 Å². The minimum atomic E-state index is -0.146. The van der Waals surface area contributed by atoms with Crippen LogP contribution >= 0.6 is 11.6 Å². The van der Waals surface area contributed by atoms with Crippen LogP contribution in [0, 0.1) is 0 Å². The monoisotopic (exact) mass is 383 g/mol. The maximum Gasteiger partial charge on any atom is 0.254 e. The normalized spacial score (nSPS) is 16.5. The summed E-state index contributed by atoms with van der Waals surface area (Å²) in [6.45, 7) is 1.05. The Morgan fingerprint density at radius 1 is 1.26 bits per heavy atom. The number of benzene rings is 2. The van der Waals surface area contributed by atoms with E-state index in [0.717, 1.165) is 18.4 Å². The lowest BCUT2D eigenvalue weighted by Crippen LogP contribution is -2.31. The molecule has 4 rings (SSSR count). The molecule has 7 nitrogen and oxygen atoms in total. The molecule has 1 amide bonds. The molecule has 3 aromatic rings. The number of amides is 1. The fraction of sp³-hybridized carbons (Fsp3) is 0.263. The van der Waals surface area contributed by atoms with Gasteiger partial charge in [-0.1, -0.05) is 35.0 Å².